The molecule has 4 rings (SSSR count). The van der Waals surface area contributed by atoms with E-state index in [1.807, 2.05) is 48.5 Å². The standard InChI is InChI=1S/C22H26N4O4/c1-23-21-19-8-7-18(15-20(19)30-24-21)26(16-17-5-3-2-4-6-17)22(27)29-14-11-25-9-12-28-13-10-25/h2-8,15H,9-14,16H2,1H3,(H,23,24). The Balaban J connectivity index is 1.50. The molecule has 1 saturated heterocycles. The van der Waals surface area contributed by atoms with Gasteiger partial charge in [-0.1, -0.05) is 35.5 Å². The number of amides is 1. The molecular formula is C22H26N4O4. The Labute approximate surface area is 175 Å². The van der Waals surface area contributed by atoms with Crippen molar-refractivity contribution in [3.05, 3.63) is 54.1 Å². The lowest BCUT2D eigenvalue weighted by molar-refractivity contribution is 0.0286. The zero-order valence-corrected chi connectivity index (χ0v) is 17.0. The second-order valence-corrected chi connectivity index (χ2v) is 7.10. The van der Waals surface area contributed by atoms with Gasteiger partial charge in [-0.05, 0) is 17.7 Å². The van der Waals surface area contributed by atoms with E-state index >= 15 is 0 Å². The van der Waals surface area contributed by atoms with Crippen LogP contribution >= 0.6 is 0 Å². The molecule has 0 bridgehead atoms. The number of nitrogens with one attached hydrogen (secondary N) is 1. The van der Waals surface area contributed by atoms with Gasteiger partial charge in [0, 0.05) is 32.7 Å². The van der Waals surface area contributed by atoms with Crippen LogP contribution in [0.15, 0.2) is 53.1 Å². The number of carbonyl (C=O) groups is 1. The van der Waals surface area contributed by atoms with Crippen molar-refractivity contribution in [3.63, 3.8) is 0 Å². The highest BCUT2D eigenvalue weighted by Crippen LogP contribution is 2.28. The average Bonchev–Trinajstić information content (AvgIpc) is 3.21. The SMILES string of the molecule is CNc1noc2cc(N(Cc3ccccc3)C(=O)OCCN3CCOCC3)ccc12. The maximum absolute atomic E-state index is 13.0. The molecule has 30 heavy (non-hydrogen) atoms. The van der Waals surface area contributed by atoms with Crippen molar-refractivity contribution < 1.29 is 18.8 Å². The van der Waals surface area contributed by atoms with Crippen molar-refractivity contribution in [1.29, 1.82) is 0 Å². The number of benzene rings is 2. The molecule has 1 amide bonds. The van der Waals surface area contributed by atoms with E-state index in [4.69, 9.17) is 14.0 Å². The Bertz CT molecular complexity index is 970. The predicted octanol–water partition coefficient (Wildman–Crippen LogP) is 3.34. The summed E-state index contributed by atoms with van der Waals surface area (Å²) in [4.78, 5) is 16.8. The van der Waals surface area contributed by atoms with Crippen LogP contribution in [0.1, 0.15) is 5.56 Å². The van der Waals surface area contributed by atoms with Gasteiger partial charge in [0.15, 0.2) is 11.4 Å². The zero-order valence-electron chi connectivity index (χ0n) is 17.0. The molecule has 0 aliphatic carbocycles. The second kappa shape index (κ2) is 9.60. The van der Waals surface area contributed by atoms with Gasteiger partial charge in [0.05, 0.1) is 30.8 Å². The van der Waals surface area contributed by atoms with E-state index in [1.165, 1.54) is 0 Å². The van der Waals surface area contributed by atoms with Crippen LogP contribution in [-0.2, 0) is 16.0 Å². The summed E-state index contributed by atoms with van der Waals surface area (Å²) < 4.78 is 16.4. The van der Waals surface area contributed by atoms with Gasteiger partial charge in [-0.15, -0.1) is 0 Å². The molecule has 1 aliphatic heterocycles. The van der Waals surface area contributed by atoms with Gasteiger partial charge in [0.2, 0.25) is 0 Å². The van der Waals surface area contributed by atoms with Crippen LogP contribution in [0.2, 0.25) is 0 Å². The van der Waals surface area contributed by atoms with Gasteiger partial charge in [0.1, 0.15) is 6.61 Å². The Morgan fingerprint density at radius 3 is 2.77 bits per heavy atom. The molecule has 1 N–H and O–H groups in total. The van der Waals surface area contributed by atoms with Crippen LogP contribution in [0.4, 0.5) is 16.3 Å². The number of nitrogens with zero attached hydrogens (tertiary/aromatic N) is 3. The lowest BCUT2D eigenvalue weighted by atomic mass is 10.2. The van der Waals surface area contributed by atoms with Gasteiger partial charge >= 0.3 is 6.09 Å². The number of carbonyl (C=O) groups excluding carboxylic acids is 1. The van der Waals surface area contributed by atoms with Crippen molar-refractivity contribution in [3.8, 4) is 0 Å². The fraction of sp³-hybridized carbons (Fsp3) is 0.364. The maximum atomic E-state index is 13.0. The smallest absolute Gasteiger partial charge is 0.414 e. The van der Waals surface area contributed by atoms with Crippen LogP contribution in [0.3, 0.4) is 0 Å². The van der Waals surface area contributed by atoms with Crippen molar-refractivity contribution in [2.24, 2.45) is 0 Å². The molecular weight excluding hydrogens is 384 g/mol. The third-order valence-electron chi connectivity index (χ3n) is 5.14. The minimum Gasteiger partial charge on any atom is -0.448 e. The van der Waals surface area contributed by atoms with Gasteiger partial charge < -0.3 is 19.3 Å². The first-order valence-electron chi connectivity index (χ1n) is 10.1. The van der Waals surface area contributed by atoms with Crippen LogP contribution in [0.25, 0.3) is 11.0 Å². The molecule has 0 radical (unpaired) electrons. The molecule has 1 fully saturated rings. The normalized spacial score (nSPS) is 14.6. The summed E-state index contributed by atoms with van der Waals surface area (Å²) in [5.74, 6) is 0.666. The van der Waals surface area contributed by atoms with E-state index in [1.54, 1.807) is 11.9 Å². The van der Waals surface area contributed by atoms with Gasteiger partial charge in [-0.2, -0.15) is 0 Å². The number of aromatic nitrogens is 1. The molecule has 3 aromatic rings. The van der Waals surface area contributed by atoms with E-state index < -0.39 is 0 Å². The topological polar surface area (TPSA) is 80.1 Å². The van der Waals surface area contributed by atoms with Crippen LogP contribution < -0.4 is 10.2 Å². The third kappa shape index (κ3) is 4.72. The predicted molar refractivity (Wildman–Crippen MR) is 115 cm³/mol. The van der Waals surface area contributed by atoms with Gasteiger partial charge in [0.25, 0.3) is 0 Å². The molecule has 0 spiro atoms. The van der Waals surface area contributed by atoms with E-state index in [-0.39, 0.29) is 6.09 Å². The molecule has 1 aromatic heterocycles. The van der Waals surface area contributed by atoms with Crippen molar-refractivity contribution >= 4 is 28.6 Å². The molecule has 2 aromatic carbocycles. The molecule has 158 valence electrons. The summed E-state index contributed by atoms with van der Waals surface area (Å²) in [7, 11) is 1.79. The fourth-order valence-electron chi connectivity index (χ4n) is 3.47. The van der Waals surface area contributed by atoms with E-state index in [2.05, 4.69) is 15.4 Å². The summed E-state index contributed by atoms with van der Waals surface area (Å²) in [6, 6.07) is 15.4. The zero-order chi connectivity index (χ0) is 20.8. The number of rotatable bonds is 7. The van der Waals surface area contributed by atoms with Gasteiger partial charge in [-0.25, -0.2) is 4.79 Å². The number of hydrogen-bond acceptors (Lipinski definition) is 7. The van der Waals surface area contributed by atoms with E-state index in [0.29, 0.717) is 36.8 Å². The summed E-state index contributed by atoms with van der Waals surface area (Å²) >= 11 is 0. The van der Waals surface area contributed by atoms with Crippen molar-refractivity contribution in [1.82, 2.24) is 10.1 Å². The Morgan fingerprint density at radius 1 is 1.20 bits per heavy atom. The Kier molecular flexibility index (Phi) is 6.46. The molecule has 8 nitrogen and oxygen atoms in total. The molecule has 1 aliphatic rings. The van der Waals surface area contributed by atoms with E-state index in [9.17, 15) is 4.79 Å². The highest BCUT2D eigenvalue weighted by Gasteiger charge is 2.20. The Hall–Kier alpha value is -3.10. The van der Waals surface area contributed by atoms with Crippen LogP contribution in [0, 0.1) is 0 Å². The molecule has 2 heterocycles. The molecule has 0 atom stereocenters. The number of ether oxygens (including phenoxy) is 2. The first-order chi connectivity index (χ1) is 14.7. The number of fused-ring (bicyclic) bond motifs is 1. The fourth-order valence-corrected chi connectivity index (χ4v) is 3.47. The summed E-state index contributed by atoms with van der Waals surface area (Å²) in [6.07, 6.45) is -0.389. The summed E-state index contributed by atoms with van der Waals surface area (Å²) in [6.45, 7) is 4.59. The van der Waals surface area contributed by atoms with Crippen LogP contribution in [0.5, 0.6) is 0 Å². The lowest BCUT2D eigenvalue weighted by Gasteiger charge is -2.27. The van der Waals surface area contributed by atoms with Crippen molar-refractivity contribution in [2.45, 2.75) is 6.54 Å². The van der Waals surface area contributed by atoms with Crippen LogP contribution in [-0.4, -0.2) is 62.7 Å². The molecule has 0 unspecified atom stereocenters. The first kappa shape index (κ1) is 20.2. The number of morpholine rings is 1. The average molecular weight is 410 g/mol. The van der Waals surface area contributed by atoms with E-state index in [0.717, 1.165) is 37.3 Å². The first-order valence-corrected chi connectivity index (χ1v) is 10.1. The molecule has 8 heteroatoms. The minimum atomic E-state index is -0.389. The highest BCUT2D eigenvalue weighted by atomic mass is 16.6. The summed E-state index contributed by atoms with van der Waals surface area (Å²) in [5, 5.41) is 7.87. The maximum Gasteiger partial charge on any atom is 0.414 e. The lowest BCUT2D eigenvalue weighted by Crippen LogP contribution is -2.39. The highest BCUT2D eigenvalue weighted by molar-refractivity contribution is 5.94. The number of hydrogen-bond donors (Lipinski definition) is 1. The molecule has 0 saturated carbocycles. The third-order valence-corrected chi connectivity index (χ3v) is 5.14. The monoisotopic (exact) mass is 410 g/mol. The quantitative estimate of drug-likeness (QED) is 0.640. The second-order valence-electron chi connectivity index (χ2n) is 7.10. The largest absolute Gasteiger partial charge is 0.448 e. The number of anilines is 2. The van der Waals surface area contributed by atoms with Crippen molar-refractivity contribution in [2.75, 3.05) is 56.7 Å². The summed E-state index contributed by atoms with van der Waals surface area (Å²) in [5.41, 5.74) is 2.31. The van der Waals surface area contributed by atoms with Gasteiger partial charge in [-0.3, -0.25) is 9.80 Å². The minimum absolute atomic E-state index is 0.332. The Morgan fingerprint density at radius 2 is 2.00 bits per heavy atom.